The topological polar surface area (TPSA) is 32.5 Å². The van der Waals surface area contributed by atoms with E-state index in [1.165, 1.54) is 26.1 Å². The van der Waals surface area contributed by atoms with Gasteiger partial charge in [-0.15, -0.1) is 0 Å². The molecule has 3 heteroatoms. The third-order valence-corrected chi connectivity index (χ3v) is 3.50. The van der Waals surface area contributed by atoms with E-state index in [1.54, 1.807) is 0 Å². The molecule has 1 aliphatic rings. The predicted molar refractivity (Wildman–Crippen MR) is 66.0 cm³/mol. The Labute approximate surface area is 94.6 Å². The molecule has 1 fully saturated rings. The molecule has 1 heterocycles. The second kappa shape index (κ2) is 5.28. The maximum Gasteiger partial charge on any atom is 0.0252 e. The van der Waals surface area contributed by atoms with Gasteiger partial charge in [0, 0.05) is 25.2 Å². The van der Waals surface area contributed by atoms with Crippen LogP contribution >= 0.6 is 0 Å². The zero-order valence-corrected chi connectivity index (χ0v) is 10.8. The minimum Gasteiger partial charge on any atom is -0.324 e. The summed E-state index contributed by atoms with van der Waals surface area (Å²) in [6, 6.07) is 0. The summed E-state index contributed by atoms with van der Waals surface area (Å²) in [5.74, 6) is 0.840. The van der Waals surface area contributed by atoms with Gasteiger partial charge in [-0.05, 0) is 46.3 Å². The van der Waals surface area contributed by atoms with E-state index >= 15 is 0 Å². The van der Waals surface area contributed by atoms with Crippen LogP contribution in [-0.2, 0) is 0 Å². The molecule has 2 unspecified atom stereocenters. The van der Waals surface area contributed by atoms with Gasteiger partial charge in [0.25, 0.3) is 0 Å². The van der Waals surface area contributed by atoms with Crippen LogP contribution in [0.5, 0.6) is 0 Å². The van der Waals surface area contributed by atoms with Gasteiger partial charge in [0.05, 0.1) is 0 Å². The number of hydrogen-bond donors (Lipinski definition) is 1. The Kier molecular flexibility index (Phi) is 4.56. The fourth-order valence-corrected chi connectivity index (χ4v) is 2.41. The number of likely N-dealkylation sites (N-methyl/N-ethyl adjacent to an activating group) is 1. The molecule has 0 saturated carbocycles. The zero-order chi connectivity index (χ0) is 11.5. The first-order valence-electron chi connectivity index (χ1n) is 6.09. The molecule has 15 heavy (non-hydrogen) atoms. The van der Waals surface area contributed by atoms with Crippen LogP contribution in [-0.4, -0.2) is 55.6 Å². The summed E-state index contributed by atoms with van der Waals surface area (Å²) >= 11 is 0. The van der Waals surface area contributed by atoms with Crippen LogP contribution in [0.1, 0.15) is 26.7 Å². The van der Waals surface area contributed by atoms with Gasteiger partial charge in [0.15, 0.2) is 0 Å². The molecule has 3 nitrogen and oxygen atoms in total. The van der Waals surface area contributed by atoms with Crippen LogP contribution < -0.4 is 5.73 Å². The van der Waals surface area contributed by atoms with Gasteiger partial charge in [-0.25, -0.2) is 0 Å². The van der Waals surface area contributed by atoms with E-state index < -0.39 is 0 Å². The van der Waals surface area contributed by atoms with Crippen molar-refractivity contribution in [3.05, 3.63) is 0 Å². The van der Waals surface area contributed by atoms with Crippen LogP contribution in [0.2, 0.25) is 0 Å². The summed E-state index contributed by atoms with van der Waals surface area (Å²) in [4.78, 5) is 4.81. The number of nitrogens with zero attached hydrogens (tertiary/aromatic N) is 2. The highest BCUT2D eigenvalue weighted by Gasteiger charge is 2.23. The smallest absolute Gasteiger partial charge is 0.0252 e. The van der Waals surface area contributed by atoms with E-state index in [-0.39, 0.29) is 5.54 Å². The third-order valence-electron chi connectivity index (χ3n) is 3.50. The lowest BCUT2D eigenvalue weighted by molar-refractivity contribution is 0.221. The summed E-state index contributed by atoms with van der Waals surface area (Å²) in [5.41, 5.74) is 6.14. The molecule has 1 saturated heterocycles. The largest absolute Gasteiger partial charge is 0.324 e. The van der Waals surface area contributed by atoms with Crippen molar-refractivity contribution in [3.63, 3.8) is 0 Å². The molecule has 0 amide bonds. The molecule has 1 aliphatic heterocycles. The van der Waals surface area contributed by atoms with Gasteiger partial charge in [-0.2, -0.15) is 0 Å². The average Bonchev–Trinajstić information content (AvgIpc) is 2.50. The van der Waals surface area contributed by atoms with Gasteiger partial charge in [-0.1, -0.05) is 6.92 Å². The molecule has 0 aliphatic carbocycles. The first-order valence-corrected chi connectivity index (χ1v) is 6.09. The van der Waals surface area contributed by atoms with Crippen molar-refractivity contribution < 1.29 is 0 Å². The summed E-state index contributed by atoms with van der Waals surface area (Å²) in [5, 5.41) is 0. The molecule has 0 aromatic heterocycles. The predicted octanol–water partition coefficient (Wildman–Crippen LogP) is 0.997. The maximum absolute atomic E-state index is 6.17. The van der Waals surface area contributed by atoms with E-state index in [0.717, 1.165) is 18.9 Å². The van der Waals surface area contributed by atoms with Gasteiger partial charge >= 0.3 is 0 Å². The maximum atomic E-state index is 6.17. The highest BCUT2D eigenvalue weighted by atomic mass is 15.2. The molecular formula is C12H27N3. The van der Waals surface area contributed by atoms with Crippen LogP contribution in [0.25, 0.3) is 0 Å². The van der Waals surface area contributed by atoms with Crippen LogP contribution in [0.3, 0.4) is 0 Å². The van der Waals surface area contributed by atoms with Crippen molar-refractivity contribution in [2.75, 3.05) is 40.3 Å². The molecule has 0 spiro atoms. The minimum absolute atomic E-state index is 0.0285. The normalized spacial score (nSPS) is 27.2. The lowest BCUT2D eigenvalue weighted by Crippen LogP contribution is -2.47. The van der Waals surface area contributed by atoms with Crippen molar-refractivity contribution >= 4 is 0 Å². The molecule has 2 N–H and O–H groups in total. The Hall–Kier alpha value is -0.120. The van der Waals surface area contributed by atoms with Gasteiger partial charge in [-0.3, -0.25) is 0 Å². The number of hydrogen-bond acceptors (Lipinski definition) is 3. The number of rotatable bonds is 5. The second-order valence-electron chi connectivity index (χ2n) is 5.62. The first-order chi connectivity index (χ1) is 6.93. The molecular weight excluding hydrogens is 186 g/mol. The lowest BCUT2D eigenvalue weighted by Gasteiger charge is -2.30. The Morgan fingerprint density at radius 1 is 1.53 bits per heavy atom. The first kappa shape index (κ1) is 12.9. The monoisotopic (exact) mass is 213 g/mol. The van der Waals surface area contributed by atoms with E-state index in [9.17, 15) is 0 Å². The van der Waals surface area contributed by atoms with Gasteiger partial charge < -0.3 is 15.5 Å². The highest BCUT2D eigenvalue weighted by molar-refractivity contribution is 4.82. The van der Waals surface area contributed by atoms with Gasteiger partial charge in [0.2, 0.25) is 0 Å². The van der Waals surface area contributed by atoms with Crippen LogP contribution in [0, 0.1) is 5.92 Å². The highest BCUT2D eigenvalue weighted by Crippen LogP contribution is 2.16. The molecule has 0 aromatic rings. The molecule has 2 atom stereocenters. The van der Waals surface area contributed by atoms with Crippen molar-refractivity contribution in [1.82, 2.24) is 9.80 Å². The third kappa shape index (κ3) is 4.49. The van der Waals surface area contributed by atoms with Crippen LogP contribution in [0.4, 0.5) is 0 Å². The lowest BCUT2D eigenvalue weighted by atomic mass is 9.99. The molecule has 0 bridgehead atoms. The minimum atomic E-state index is -0.0285. The standard InChI is InChI=1S/C12H27N3/c1-5-12(2,13)10-15(4)9-11-6-7-14(3)8-11/h11H,5-10,13H2,1-4H3. The Bertz CT molecular complexity index is 191. The molecule has 1 rings (SSSR count). The van der Waals surface area contributed by atoms with E-state index in [0.29, 0.717) is 0 Å². The van der Waals surface area contributed by atoms with E-state index in [2.05, 4.69) is 37.7 Å². The number of likely N-dealkylation sites (tertiary alicyclic amines) is 1. The molecule has 90 valence electrons. The summed E-state index contributed by atoms with van der Waals surface area (Å²) < 4.78 is 0. The van der Waals surface area contributed by atoms with Crippen molar-refractivity contribution in [2.45, 2.75) is 32.2 Å². The quantitative estimate of drug-likeness (QED) is 0.739. The second-order valence-corrected chi connectivity index (χ2v) is 5.62. The van der Waals surface area contributed by atoms with Crippen molar-refractivity contribution in [3.8, 4) is 0 Å². The van der Waals surface area contributed by atoms with Crippen molar-refractivity contribution in [2.24, 2.45) is 11.7 Å². The number of nitrogens with two attached hydrogens (primary N) is 1. The SMILES string of the molecule is CCC(C)(N)CN(C)CC1CCN(C)C1. The summed E-state index contributed by atoms with van der Waals surface area (Å²) in [7, 11) is 4.40. The van der Waals surface area contributed by atoms with Crippen LogP contribution in [0.15, 0.2) is 0 Å². The fraction of sp³-hybridized carbons (Fsp3) is 1.00. The Balaban J connectivity index is 2.27. The fourth-order valence-electron chi connectivity index (χ4n) is 2.41. The average molecular weight is 213 g/mol. The molecule has 0 aromatic carbocycles. The van der Waals surface area contributed by atoms with Crippen molar-refractivity contribution in [1.29, 1.82) is 0 Å². The van der Waals surface area contributed by atoms with E-state index in [4.69, 9.17) is 5.73 Å². The Morgan fingerprint density at radius 2 is 2.20 bits per heavy atom. The summed E-state index contributed by atoms with van der Waals surface area (Å²) in [6.07, 6.45) is 2.39. The Morgan fingerprint density at radius 3 is 2.67 bits per heavy atom. The van der Waals surface area contributed by atoms with Gasteiger partial charge in [0.1, 0.15) is 0 Å². The molecule has 0 radical (unpaired) electrons. The zero-order valence-electron chi connectivity index (χ0n) is 10.8. The van der Waals surface area contributed by atoms with E-state index in [1.807, 2.05) is 0 Å². The summed E-state index contributed by atoms with van der Waals surface area (Å²) in [6.45, 7) is 9.01.